The van der Waals surface area contributed by atoms with E-state index in [4.69, 9.17) is 0 Å². The molecule has 0 saturated heterocycles. The molecule has 7 heteroatoms. The highest BCUT2D eigenvalue weighted by Crippen LogP contribution is 2.25. The predicted molar refractivity (Wildman–Crippen MR) is 82.8 cm³/mol. The summed E-state index contributed by atoms with van der Waals surface area (Å²) in [4.78, 5) is 12.5. The summed E-state index contributed by atoms with van der Waals surface area (Å²) in [5.74, 6) is 0. The fraction of sp³-hybridized carbons (Fsp3) is 0.667. The molecule has 0 aliphatic rings. The number of carbonyl (C=O) groups excluding carboxylic acids is 1. The van der Waals surface area contributed by atoms with Gasteiger partial charge in [-0.1, -0.05) is 57.4 Å². The largest absolute Gasteiger partial charge is 0.372 e. The van der Waals surface area contributed by atoms with Crippen LogP contribution in [0.4, 0.5) is 4.79 Å². The molecule has 2 aromatic heterocycles. The zero-order valence-corrected chi connectivity index (χ0v) is 13.8. The first-order valence-corrected chi connectivity index (χ1v) is 7.81. The Hall–Kier alpha value is -2.05. The van der Waals surface area contributed by atoms with Gasteiger partial charge in [0.25, 0.3) is 0 Å². The molecular weight excluding hydrogens is 280 g/mol. The number of hydrogen-bond acceptors (Lipinski definition) is 5. The fourth-order valence-corrected chi connectivity index (χ4v) is 2.39. The molecule has 7 nitrogen and oxygen atoms in total. The molecule has 0 radical (unpaired) electrons. The van der Waals surface area contributed by atoms with Gasteiger partial charge in [-0.2, -0.15) is 9.36 Å². The van der Waals surface area contributed by atoms with Crippen LogP contribution in [-0.2, 0) is 11.8 Å². The van der Waals surface area contributed by atoms with Gasteiger partial charge in [-0.05, 0) is 12.8 Å². The molecule has 0 aromatic carbocycles. The van der Waals surface area contributed by atoms with Crippen molar-refractivity contribution in [1.82, 2.24) is 30.0 Å². The summed E-state index contributed by atoms with van der Waals surface area (Å²) in [6.07, 6.45) is 8.32. The maximum absolute atomic E-state index is 12.5. The maximum Gasteiger partial charge on any atom is 0.372 e. The van der Waals surface area contributed by atoms with Gasteiger partial charge in [0.05, 0.1) is 23.8 Å². The average molecular weight is 304 g/mol. The Kier molecular flexibility index (Phi) is 5.05. The molecule has 120 valence electrons. The molecule has 0 unspecified atom stereocenters. The molecule has 0 aliphatic heterocycles. The second-order valence-corrected chi connectivity index (χ2v) is 6.49. The average Bonchev–Trinajstić information content (AvgIpc) is 3.11. The SMILES string of the molecule is CCCCCCc1c(C(C)(C)C)nnn1C(=O)n1ccnn1. The van der Waals surface area contributed by atoms with Crippen molar-refractivity contribution in [2.45, 2.75) is 65.2 Å². The smallest absolute Gasteiger partial charge is 0.243 e. The quantitative estimate of drug-likeness (QED) is 0.794. The van der Waals surface area contributed by atoms with Crippen LogP contribution in [0.3, 0.4) is 0 Å². The first-order chi connectivity index (χ1) is 10.4. The molecule has 0 aliphatic carbocycles. The van der Waals surface area contributed by atoms with Crippen LogP contribution in [0.5, 0.6) is 0 Å². The Balaban J connectivity index is 2.29. The molecule has 0 fully saturated rings. The highest BCUT2D eigenvalue weighted by Gasteiger charge is 2.27. The van der Waals surface area contributed by atoms with Gasteiger partial charge >= 0.3 is 6.03 Å². The predicted octanol–water partition coefficient (Wildman–Crippen LogP) is 2.81. The van der Waals surface area contributed by atoms with Crippen molar-refractivity contribution in [3.63, 3.8) is 0 Å². The van der Waals surface area contributed by atoms with Crippen molar-refractivity contribution in [3.05, 3.63) is 23.8 Å². The standard InChI is InChI=1S/C15H24N6O/c1-5-6-7-8-9-12-13(15(2,3)4)17-19-21(12)14(22)20-11-10-16-18-20/h10-11H,5-9H2,1-4H3. The van der Waals surface area contributed by atoms with Crippen LogP contribution in [-0.4, -0.2) is 36.0 Å². The lowest BCUT2D eigenvalue weighted by Crippen LogP contribution is -2.24. The number of unbranched alkanes of at least 4 members (excludes halogenated alkanes) is 3. The van der Waals surface area contributed by atoms with Gasteiger partial charge in [-0.25, -0.2) is 4.79 Å². The lowest BCUT2D eigenvalue weighted by Gasteiger charge is -2.17. The summed E-state index contributed by atoms with van der Waals surface area (Å²) in [6, 6.07) is -0.342. The Labute approximate surface area is 130 Å². The third-order valence-corrected chi connectivity index (χ3v) is 3.54. The normalized spacial score (nSPS) is 11.8. The molecule has 0 saturated carbocycles. The van der Waals surface area contributed by atoms with E-state index in [2.05, 4.69) is 48.3 Å². The molecule has 0 atom stereocenters. The van der Waals surface area contributed by atoms with Gasteiger partial charge in [0.15, 0.2) is 0 Å². The molecule has 0 bridgehead atoms. The molecule has 2 rings (SSSR count). The van der Waals surface area contributed by atoms with Crippen LogP contribution >= 0.6 is 0 Å². The van der Waals surface area contributed by atoms with Crippen molar-refractivity contribution in [2.75, 3.05) is 0 Å². The zero-order chi connectivity index (χ0) is 16.2. The van der Waals surface area contributed by atoms with E-state index in [1.165, 1.54) is 34.6 Å². The highest BCUT2D eigenvalue weighted by atomic mass is 16.2. The minimum Gasteiger partial charge on any atom is -0.243 e. The summed E-state index contributed by atoms with van der Waals surface area (Å²) >= 11 is 0. The third-order valence-electron chi connectivity index (χ3n) is 3.54. The van der Waals surface area contributed by atoms with E-state index in [1.807, 2.05) is 0 Å². The van der Waals surface area contributed by atoms with Gasteiger partial charge in [0.1, 0.15) is 0 Å². The van der Waals surface area contributed by atoms with E-state index < -0.39 is 0 Å². The molecule has 22 heavy (non-hydrogen) atoms. The summed E-state index contributed by atoms with van der Waals surface area (Å²) in [6.45, 7) is 8.42. The second kappa shape index (κ2) is 6.81. The third kappa shape index (κ3) is 3.58. The van der Waals surface area contributed by atoms with E-state index in [0.717, 1.165) is 30.7 Å². The van der Waals surface area contributed by atoms with Crippen molar-refractivity contribution < 1.29 is 4.79 Å². The van der Waals surface area contributed by atoms with Crippen LogP contribution < -0.4 is 0 Å². The molecule has 2 aromatic rings. The summed E-state index contributed by atoms with van der Waals surface area (Å²) in [5.41, 5.74) is 1.60. The Morgan fingerprint density at radius 3 is 2.55 bits per heavy atom. The van der Waals surface area contributed by atoms with Gasteiger partial charge < -0.3 is 0 Å². The molecule has 0 N–H and O–H groups in total. The van der Waals surface area contributed by atoms with Gasteiger partial charge in [0, 0.05) is 5.41 Å². The van der Waals surface area contributed by atoms with Crippen LogP contribution in [0, 0.1) is 0 Å². The zero-order valence-electron chi connectivity index (χ0n) is 13.8. The first-order valence-electron chi connectivity index (χ1n) is 7.81. The summed E-state index contributed by atoms with van der Waals surface area (Å²) in [5, 5.41) is 15.7. The Bertz CT molecular complexity index is 609. The van der Waals surface area contributed by atoms with Crippen LogP contribution in [0.1, 0.15) is 64.8 Å². The number of carbonyl (C=O) groups is 1. The monoisotopic (exact) mass is 304 g/mol. The number of aromatic nitrogens is 6. The molecular formula is C15H24N6O. The maximum atomic E-state index is 12.5. The topological polar surface area (TPSA) is 78.5 Å². The van der Waals surface area contributed by atoms with Gasteiger partial charge in [0.2, 0.25) is 0 Å². The van der Waals surface area contributed by atoms with Crippen LogP contribution in [0.25, 0.3) is 0 Å². The number of nitrogens with zero attached hydrogens (tertiary/aromatic N) is 6. The molecule has 0 amide bonds. The van der Waals surface area contributed by atoms with Gasteiger partial charge in [-0.3, -0.25) is 0 Å². The number of hydrogen-bond donors (Lipinski definition) is 0. The second-order valence-electron chi connectivity index (χ2n) is 6.49. The van der Waals surface area contributed by atoms with Gasteiger partial charge in [-0.15, -0.1) is 10.2 Å². The number of rotatable bonds is 5. The molecule has 2 heterocycles. The highest BCUT2D eigenvalue weighted by molar-refractivity contribution is 5.78. The van der Waals surface area contributed by atoms with E-state index in [0.29, 0.717) is 0 Å². The van der Waals surface area contributed by atoms with Crippen molar-refractivity contribution >= 4 is 6.03 Å². The Morgan fingerprint density at radius 2 is 1.95 bits per heavy atom. The van der Waals surface area contributed by atoms with E-state index in [1.54, 1.807) is 0 Å². The summed E-state index contributed by atoms with van der Waals surface area (Å²) < 4.78 is 2.54. The summed E-state index contributed by atoms with van der Waals surface area (Å²) in [7, 11) is 0. The lowest BCUT2D eigenvalue weighted by molar-refractivity contribution is 0.236. The molecule has 0 spiro atoms. The Morgan fingerprint density at radius 1 is 1.18 bits per heavy atom. The minimum absolute atomic E-state index is 0.152. The van der Waals surface area contributed by atoms with Crippen molar-refractivity contribution in [1.29, 1.82) is 0 Å². The van der Waals surface area contributed by atoms with Crippen molar-refractivity contribution in [3.8, 4) is 0 Å². The van der Waals surface area contributed by atoms with E-state index in [9.17, 15) is 4.79 Å². The lowest BCUT2D eigenvalue weighted by atomic mass is 9.89. The van der Waals surface area contributed by atoms with E-state index in [-0.39, 0.29) is 11.4 Å². The van der Waals surface area contributed by atoms with Crippen LogP contribution in [0.2, 0.25) is 0 Å². The van der Waals surface area contributed by atoms with Crippen molar-refractivity contribution in [2.24, 2.45) is 0 Å². The first kappa shape index (κ1) is 16.3. The fourth-order valence-electron chi connectivity index (χ4n) is 2.39. The van der Waals surface area contributed by atoms with E-state index >= 15 is 0 Å². The minimum atomic E-state index is -0.342. The van der Waals surface area contributed by atoms with Crippen LogP contribution in [0.15, 0.2) is 12.4 Å².